The molecule has 1 amide bonds. The van der Waals surface area contributed by atoms with Crippen molar-refractivity contribution in [1.29, 1.82) is 0 Å². The van der Waals surface area contributed by atoms with Gasteiger partial charge in [0.25, 0.3) is 5.91 Å². The summed E-state index contributed by atoms with van der Waals surface area (Å²) in [4.78, 5) is 14.3. The number of carbonyl (C=O) groups excluding carboxylic acids is 1. The Morgan fingerprint density at radius 2 is 1.64 bits per heavy atom. The van der Waals surface area contributed by atoms with Gasteiger partial charge in [-0.15, -0.1) is 0 Å². The lowest BCUT2D eigenvalue weighted by Crippen LogP contribution is -2.26. The molecule has 0 unspecified atom stereocenters. The average Bonchev–Trinajstić information content (AvgIpc) is 2.57. The van der Waals surface area contributed by atoms with Crippen LogP contribution in [0.4, 0.5) is 0 Å². The quantitative estimate of drug-likeness (QED) is 0.745. The number of hydrogen-bond acceptors (Lipinski definition) is 3. The number of carbonyl (C=O) groups is 1. The van der Waals surface area contributed by atoms with Crippen molar-refractivity contribution < 1.29 is 13.2 Å². The summed E-state index contributed by atoms with van der Waals surface area (Å²) in [7, 11) is -1.68. The summed E-state index contributed by atoms with van der Waals surface area (Å²) in [6.45, 7) is 3.61. The Balaban J connectivity index is 2.15. The number of rotatable bonds is 5. The number of halogens is 2. The molecule has 0 saturated heterocycles. The van der Waals surface area contributed by atoms with Crippen LogP contribution in [0.2, 0.25) is 10.0 Å². The van der Waals surface area contributed by atoms with Crippen LogP contribution in [-0.2, 0) is 16.4 Å². The summed E-state index contributed by atoms with van der Waals surface area (Å²) < 4.78 is 24.3. The molecule has 0 radical (unpaired) electrons. The SMILES string of the molecule is CC(C)S(=O)(=O)c1ccc(C(=O)N(C)Cc2ccc(Cl)c(Cl)c2)cc1. The van der Waals surface area contributed by atoms with Crippen LogP contribution in [0.15, 0.2) is 47.4 Å². The number of sulfone groups is 1. The molecule has 0 atom stereocenters. The van der Waals surface area contributed by atoms with Gasteiger partial charge in [-0.05, 0) is 55.8 Å². The molecule has 134 valence electrons. The van der Waals surface area contributed by atoms with Gasteiger partial charge in [-0.3, -0.25) is 4.79 Å². The minimum absolute atomic E-state index is 0.209. The molecular formula is C18H19Cl2NO3S. The lowest BCUT2D eigenvalue weighted by Gasteiger charge is -2.18. The zero-order valence-corrected chi connectivity index (χ0v) is 16.5. The number of hydrogen-bond donors (Lipinski definition) is 0. The summed E-state index contributed by atoms with van der Waals surface area (Å²) in [5, 5.41) is 0.385. The van der Waals surface area contributed by atoms with E-state index < -0.39 is 15.1 Å². The van der Waals surface area contributed by atoms with Crippen LogP contribution < -0.4 is 0 Å². The van der Waals surface area contributed by atoms with Crippen molar-refractivity contribution in [2.45, 2.75) is 30.5 Å². The third kappa shape index (κ3) is 4.54. The minimum Gasteiger partial charge on any atom is -0.337 e. The first-order valence-corrected chi connectivity index (χ1v) is 9.96. The Bertz CT molecular complexity index is 878. The van der Waals surface area contributed by atoms with E-state index in [9.17, 15) is 13.2 Å². The van der Waals surface area contributed by atoms with Crippen LogP contribution in [0, 0.1) is 0 Å². The van der Waals surface area contributed by atoms with Crippen molar-refractivity contribution in [2.24, 2.45) is 0 Å². The Kier molecular flexibility index (Phi) is 6.14. The van der Waals surface area contributed by atoms with E-state index in [0.29, 0.717) is 22.2 Å². The molecule has 0 aliphatic carbocycles. The van der Waals surface area contributed by atoms with Gasteiger partial charge in [0.2, 0.25) is 0 Å². The second-order valence-corrected chi connectivity index (χ2v) is 9.35. The van der Waals surface area contributed by atoms with Crippen molar-refractivity contribution in [1.82, 2.24) is 4.90 Å². The largest absolute Gasteiger partial charge is 0.337 e. The van der Waals surface area contributed by atoms with Gasteiger partial charge in [0.05, 0.1) is 20.2 Å². The molecular weight excluding hydrogens is 381 g/mol. The molecule has 0 spiro atoms. The molecule has 0 N–H and O–H groups in total. The van der Waals surface area contributed by atoms with Gasteiger partial charge in [-0.25, -0.2) is 8.42 Å². The highest BCUT2D eigenvalue weighted by Gasteiger charge is 2.20. The van der Waals surface area contributed by atoms with E-state index in [1.54, 1.807) is 39.1 Å². The molecule has 2 rings (SSSR count). The predicted octanol–water partition coefficient (Wildman–Crippen LogP) is 4.45. The van der Waals surface area contributed by atoms with Crippen molar-refractivity contribution in [3.63, 3.8) is 0 Å². The third-order valence-corrected chi connectivity index (χ3v) is 6.71. The maximum absolute atomic E-state index is 12.5. The highest BCUT2D eigenvalue weighted by molar-refractivity contribution is 7.92. The van der Waals surface area contributed by atoms with Gasteiger partial charge in [-0.2, -0.15) is 0 Å². The van der Waals surface area contributed by atoms with Gasteiger partial charge >= 0.3 is 0 Å². The van der Waals surface area contributed by atoms with E-state index in [4.69, 9.17) is 23.2 Å². The van der Waals surface area contributed by atoms with Crippen molar-refractivity contribution in [3.8, 4) is 0 Å². The fourth-order valence-electron chi connectivity index (χ4n) is 2.26. The fourth-order valence-corrected chi connectivity index (χ4v) is 3.64. The number of amides is 1. The Morgan fingerprint density at radius 3 is 2.16 bits per heavy atom. The molecule has 25 heavy (non-hydrogen) atoms. The van der Waals surface area contributed by atoms with Crippen LogP contribution >= 0.6 is 23.2 Å². The maximum Gasteiger partial charge on any atom is 0.253 e. The molecule has 0 heterocycles. The summed E-state index contributed by atoms with van der Waals surface area (Å²) in [6, 6.07) is 11.2. The molecule has 4 nitrogen and oxygen atoms in total. The molecule has 0 bridgehead atoms. The Labute approximate surface area is 158 Å². The van der Waals surface area contributed by atoms with Crippen LogP contribution in [0.3, 0.4) is 0 Å². The summed E-state index contributed by atoms with van der Waals surface area (Å²) in [6.07, 6.45) is 0. The number of nitrogens with zero attached hydrogens (tertiary/aromatic N) is 1. The van der Waals surface area contributed by atoms with Crippen molar-refractivity contribution in [3.05, 3.63) is 63.6 Å². The Morgan fingerprint density at radius 1 is 1.04 bits per heavy atom. The first-order valence-electron chi connectivity index (χ1n) is 7.66. The van der Waals surface area contributed by atoms with E-state index in [-0.39, 0.29) is 10.8 Å². The van der Waals surface area contributed by atoms with Crippen LogP contribution in [-0.4, -0.2) is 31.5 Å². The van der Waals surface area contributed by atoms with Gasteiger partial charge in [-0.1, -0.05) is 29.3 Å². The van der Waals surface area contributed by atoms with E-state index in [1.807, 2.05) is 0 Å². The summed E-state index contributed by atoms with van der Waals surface area (Å²) >= 11 is 11.9. The monoisotopic (exact) mass is 399 g/mol. The third-order valence-electron chi connectivity index (χ3n) is 3.80. The average molecular weight is 400 g/mol. The van der Waals surface area contributed by atoms with Gasteiger partial charge < -0.3 is 4.90 Å². The first kappa shape index (κ1) is 19.8. The van der Waals surface area contributed by atoms with Crippen molar-refractivity contribution in [2.75, 3.05) is 7.05 Å². The summed E-state index contributed by atoms with van der Waals surface area (Å²) in [5.41, 5.74) is 1.27. The van der Waals surface area contributed by atoms with E-state index in [0.717, 1.165) is 5.56 Å². The lowest BCUT2D eigenvalue weighted by molar-refractivity contribution is 0.0785. The maximum atomic E-state index is 12.5. The molecule has 0 fully saturated rings. The standard InChI is InChI=1S/C18H19Cl2NO3S/c1-12(2)25(23,24)15-7-5-14(6-8-15)18(22)21(3)11-13-4-9-16(19)17(20)10-13/h4-10,12H,11H2,1-3H3. The van der Waals surface area contributed by atoms with Crippen LogP contribution in [0.25, 0.3) is 0 Å². The summed E-state index contributed by atoms with van der Waals surface area (Å²) in [5.74, 6) is -0.209. The predicted molar refractivity (Wildman–Crippen MR) is 101 cm³/mol. The molecule has 0 aromatic heterocycles. The van der Waals surface area contributed by atoms with E-state index >= 15 is 0 Å². The topological polar surface area (TPSA) is 54.5 Å². The molecule has 7 heteroatoms. The lowest BCUT2D eigenvalue weighted by atomic mass is 10.1. The highest BCUT2D eigenvalue weighted by Crippen LogP contribution is 2.23. The van der Waals surface area contributed by atoms with E-state index in [2.05, 4.69) is 0 Å². The molecule has 0 aliphatic heterocycles. The van der Waals surface area contributed by atoms with Gasteiger partial charge in [0.1, 0.15) is 0 Å². The second-order valence-electron chi connectivity index (χ2n) is 6.03. The first-order chi connectivity index (χ1) is 11.6. The molecule has 0 aliphatic rings. The smallest absolute Gasteiger partial charge is 0.253 e. The normalized spacial score (nSPS) is 11.6. The minimum atomic E-state index is -3.35. The van der Waals surface area contributed by atoms with Crippen LogP contribution in [0.5, 0.6) is 0 Å². The fraction of sp³-hybridized carbons (Fsp3) is 0.278. The number of benzene rings is 2. The zero-order valence-electron chi connectivity index (χ0n) is 14.2. The van der Waals surface area contributed by atoms with E-state index in [1.165, 1.54) is 29.2 Å². The molecule has 2 aromatic carbocycles. The Hall–Kier alpha value is -1.56. The van der Waals surface area contributed by atoms with Gasteiger partial charge in [0, 0.05) is 19.2 Å². The van der Waals surface area contributed by atoms with Crippen molar-refractivity contribution >= 4 is 38.9 Å². The van der Waals surface area contributed by atoms with Crippen LogP contribution in [0.1, 0.15) is 29.8 Å². The molecule has 0 saturated carbocycles. The zero-order chi connectivity index (χ0) is 18.8. The second kappa shape index (κ2) is 7.77. The molecule has 2 aromatic rings. The van der Waals surface area contributed by atoms with Gasteiger partial charge in [0.15, 0.2) is 9.84 Å². The highest BCUT2D eigenvalue weighted by atomic mass is 35.5.